The number of benzene rings is 1. The van der Waals surface area contributed by atoms with E-state index in [4.69, 9.17) is 4.74 Å². The number of anilines is 1. The molecule has 0 bridgehead atoms. The lowest BCUT2D eigenvalue weighted by atomic mass is 10.1. The Kier molecular flexibility index (Phi) is 5.51. The average molecular weight is 353 g/mol. The number of piperazine rings is 1. The van der Waals surface area contributed by atoms with Gasteiger partial charge < -0.3 is 14.5 Å². The molecule has 1 aromatic heterocycles. The molecule has 0 unspecified atom stereocenters. The molecule has 2 aromatic rings. The average Bonchev–Trinajstić information content (AvgIpc) is 2.68. The highest BCUT2D eigenvalue weighted by molar-refractivity contribution is 5.95. The Balaban J connectivity index is 1.61. The van der Waals surface area contributed by atoms with Crippen molar-refractivity contribution in [1.29, 1.82) is 0 Å². The van der Waals surface area contributed by atoms with E-state index in [9.17, 15) is 9.59 Å². The first kappa shape index (κ1) is 17.9. The second kappa shape index (κ2) is 7.99. The van der Waals surface area contributed by atoms with Gasteiger partial charge in [-0.3, -0.25) is 4.79 Å². The number of rotatable bonds is 4. The number of ether oxygens (including phenoxy) is 1. The van der Waals surface area contributed by atoms with Crippen molar-refractivity contribution >= 4 is 17.7 Å². The highest BCUT2D eigenvalue weighted by Gasteiger charge is 2.23. The van der Waals surface area contributed by atoms with Gasteiger partial charge in [-0.05, 0) is 37.6 Å². The van der Waals surface area contributed by atoms with Gasteiger partial charge in [0.1, 0.15) is 5.82 Å². The van der Waals surface area contributed by atoms with Gasteiger partial charge in [0.25, 0.3) is 5.91 Å². The van der Waals surface area contributed by atoms with E-state index in [1.165, 1.54) is 6.20 Å². The monoisotopic (exact) mass is 353 g/mol. The van der Waals surface area contributed by atoms with E-state index in [2.05, 4.69) is 9.88 Å². The predicted molar refractivity (Wildman–Crippen MR) is 99.5 cm³/mol. The quantitative estimate of drug-likeness (QED) is 0.791. The number of hydrogen-bond donors (Lipinski definition) is 0. The largest absolute Gasteiger partial charge is 0.462 e. The third kappa shape index (κ3) is 3.85. The number of aryl methyl sites for hydroxylation is 1. The summed E-state index contributed by atoms with van der Waals surface area (Å²) in [4.78, 5) is 32.7. The Labute approximate surface area is 153 Å². The highest BCUT2D eigenvalue weighted by Crippen LogP contribution is 2.17. The van der Waals surface area contributed by atoms with Gasteiger partial charge >= 0.3 is 5.97 Å². The fraction of sp³-hybridized carbons (Fsp3) is 0.350. The van der Waals surface area contributed by atoms with E-state index in [1.807, 2.05) is 42.2 Å². The van der Waals surface area contributed by atoms with Crippen LogP contribution in [0.5, 0.6) is 0 Å². The molecule has 0 atom stereocenters. The van der Waals surface area contributed by atoms with E-state index in [0.29, 0.717) is 38.3 Å². The number of carbonyl (C=O) groups excluding carboxylic acids is 2. The molecule has 1 saturated heterocycles. The summed E-state index contributed by atoms with van der Waals surface area (Å²) < 4.78 is 4.97. The minimum absolute atomic E-state index is 0.0772. The molecule has 0 N–H and O–H groups in total. The van der Waals surface area contributed by atoms with Gasteiger partial charge in [-0.25, -0.2) is 9.78 Å². The Morgan fingerprint density at radius 3 is 2.42 bits per heavy atom. The molecule has 0 radical (unpaired) electrons. The molecular weight excluding hydrogens is 330 g/mol. The predicted octanol–water partition coefficient (Wildman–Crippen LogP) is 2.53. The van der Waals surface area contributed by atoms with Crippen LogP contribution in [0.4, 0.5) is 5.82 Å². The van der Waals surface area contributed by atoms with Gasteiger partial charge in [-0.15, -0.1) is 0 Å². The van der Waals surface area contributed by atoms with Crippen molar-refractivity contribution in [2.45, 2.75) is 13.8 Å². The molecule has 1 aliphatic heterocycles. The number of pyridine rings is 1. The van der Waals surface area contributed by atoms with Gasteiger partial charge in [0.15, 0.2) is 0 Å². The van der Waals surface area contributed by atoms with E-state index < -0.39 is 0 Å². The fourth-order valence-electron chi connectivity index (χ4n) is 3.03. The smallest absolute Gasteiger partial charge is 0.339 e. The number of amides is 1. The number of nitrogens with zero attached hydrogens (tertiary/aromatic N) is 3. The summed E-state index contributed by atoms with van der Waals surface area (Å²) in [5.41, 5.74) is 2.21. The van der Waals surface area contributed by atoms with Crippen LogP contribution in [0, 0.1) is 6.92 Å². The molecule has 0 spiro atoms. The number of hydrogen-bond acceptors (Lipinski definition) is 5. The Hall–Kier alpha value is -2.89. The van der Waals surface area contributed by atoms with Crippen LogP contribution in [0.15, 0.2) is 42.6 Å². The third-order valence-corrected chi connectivity index (χ3v) is 4.53. The molecule has 1 aromatic carbocycles. The van der Waals surface area contributed by atoms with Crippen molar-refractivity contribution in [2.24, 2.45) is 0 Å². The molecule has 0 saturated carbocycles. The van der Waals surface area contributed by atoms with Crippen LogP contribution >= 0.6 is 0 Å². The first-order valence-corrected chi connectivity index (χ1v) is 8.83. The van der Waals surface area contributed by atoms with E-state index in [-0.39, 0.29) is 11.9 Å². The van der Waals surface area contributed by atoms with Crippen molar-refractivity contribution in [2.75, 3.05) is 37.7 Å². The lowest BCUT2D eigenvalue weighted by Crippen LogP contribution is -2.49. The van der Waals surface area contributed by atoms with Crippen molar-refractivity contribution in [3.63, 3.8) is 0 Å². The zero-order valence-corrected chi connectivity index (χ0v) is 15.1. The second-order valence-corrected chi connectivity index (χ2v) is 6.22. The summed E-state index contributed by atoms with van der Waals surface area (Å²) in [7, 11) is 0. The molecule has 1 amide bonds. The summed E-state index contributed by atoms with van der Waals surface area (Å²) >= 11 is 0. The molecule has 6 nitrogen and oxygen atoms in total. The van der Waals surface area contributed by atoms with E-state index in [1.54, 1.807) is 13.0 Å². The van der Waals surface area contributed by atoms with Crippen LogP contribution in [0.2, 0.25) is 0 Å². The summed E-state index contributed by atoms with van der Waals surface area (Å²) in [6.07, 6.45) is 1.54. The molecule has 2 heterocycles. The van der Waals surface area contributed by atoms with Gasteiger partial charge in [-0.2, -0.15) is 0 Å². The first-order chi connectivity index (χ1) is 12.6. The lowest BCUT2D eigenvalue weighted by molar-refractivity contribution is 0.0525. The molecule has 1 fully saturated rings. The zero-order chi connectivity index (χ0) is 18.5. The number of carbonyl (C=O) groups is 2. The van der Waals surface area contributed by atoms with Gasteiger partial charge in [0.05, 0.1) is 12.2 Å². The van der Waals surface area contributed by atoms with Crippen LogP contribution in [0.25, 0.3) is 0 Å². The second-order valence-electron chi connectivity index (χ2n) is 6.22. The van der Waals surface area contributed by atoms with Crippen LogP contribution in [-0.2, 0) is 4.74 Å². The molecule has 0 aliphatic carbocycles. The first-order valence-electron chi connectivity index (χ1n) is 8.83. The van der Waals surface area contributed by atoms with Crippen molar-refractivity contribution in [3.8, 4) is 0 Å². The number of aromatic nitrogens is 1. The highest BCUT2D eigenvalue weighted by atomic mass is 16.5. The maximum Gasteiger partial charge on any atom is 0.339 e. The van der Waals surface area contributed by atoms with Crippen molar-refractivity contribution in [3.05, 3.63) is 59.3 Å². The lowest BCUT2D eigenvalue weighted by Gasteiger charge is -2.35. The summed E-state index contributed by atoms with van der Waals surface area (Å²) in [5.74, 6) is 0.523. The number of esters is 1. The minimum atomic E-state index is -0.361. The molecule has 26 heavy (non-hydrogen) atoms. The summed E-state index contributed by atoms with van der Waals surface area (Å²) in [5, 5.41) is 0. The zero-order valence-electron chi connectivity index (χ0n) is 15.1. The molecular formula is C20H23N3O3. The maximum absolute atomic E-state index is 12.7. The maximum atomic E-state index is 12.7. The van der Waals surface area contributed by atoms with Gasteiger partial charge in [0.2, 0.25) is 0 Å². The van der Waals surface area contributed by atoms with Crippen LogP contribution in [-0.4, -0.2) is 54.5 Å². The fourth-order valence-corrected chi connectivity index (χ4v) is 3.03. The van der Waals surface area contributed by atoms with Gasteiger partial charge in [0, 0.05) is 37.9 Å². The topological polar surface area (TPSA) is 62.7 Å². The normalized spacial score (nSPS) is 14.2. The van der Waals surface area contributed by atoms with E-state index in [0.717, 1.165) is 16.9 Å². The summed E-state index contributed by atoms with van der Waals surface area (Å²) in [6.45, 7) is 6.79. The molecule has 6 heteroatoms. The molecule has 1 aliphatic rings. The van der Waals surface area contributed by atoms with Crippen LogP contribution in [0.3, 0.4) is 0 Å². The summed E-state index contributed by atoms with van der Waals surface area (Å²) in [6, 6.07) is 11.2. The molecule has 3 rings (SSSR count). The minimum Gasteiger partial charge on any atom is -0.462 e. The Bertz CT molecular complexity index is 781. The van der Waals surface area contributed by atoms with Crippen molar-refractivity contribution in [1.82, 2.24) is 9.88 Å². The Morgan fingerprint density at radius 1 is 1.08 bits per heavy atom. The SMILES string of the molecule is CCOC(=O)c1ccc(N2CCN(C(=O)c3ccccc3C)CC2)nc1. The van der Waals surface area contributed by atoms with Crippen LogP contribution < -0.4 is 4.90 Å². The van der Waals surface area contributed by atoms with E-state index >= 15 is 0 Å². The van der Waals surface area contributed by atoms with Crippen LogP contribution in [0.1, 0.15) is 33.2 Å². The van der Waals surface area contributed by atoms with Crippen molar-refractivity contribution < 1.29 is 14.3 Å². The Morgan fingerprint density at radius 2 is 1.81 bits per heavy atom. The standard InChI is InChI=1S/C20H23N3O3/c1-3-26-20(25)16-8-9-18(21-14-16)22-10-12-23(13-11-22)19(24)17-7-5-4-6-15(17)2/h4-9,14H,3,10-13H2,1-2H3. The molecule has 136 valence electrons. The van der Waals surface area contributed by atoms with Gasteiger partial charge in [-0.1, -0.05) is 18.2 Å². The third-order valence-electron chi connectivity index (χ3n) is 4.53.